The topological polar surface area (TPSA) is 44.8 Å². The second-order valence-electron chi connectivity index (χ2n) is 7.61. The smallest absolute Gasteiger partial charge is 0.416 e. The SMILES string of the molecule is O=C(CN1CCN(c2cccc(C(F)(F)F)c2)CC1)NC1CCOc2ccccc21. The zero-order chi connectivity index (χ0) is 21.1. The Labute approximate surface area is 173 Å². The molecule has 0 saturated carbocycles. The van der Waals surface area contributed by atoms with Crippen molar-refractivity contribution in [1.29, 1.82) is 0 Å². The number of fused-ring (bicyclic) bond motifs is 1. The number of carbonyl (C=O) groups excluding carboxylic acids is 1. The van der Waals surface area contributed by atoms with E-state index in [0.29, 0.717) is 38.5 Å². The molecule has 4 rings (SSSR count). The number of nitrogens with one attached hydrogen (secondary N) is 1. The molecule has 1 N–H and O–H groups in total. The number of ether oxygens (including phenoxy) is 1. The number of hydrogen-bond acceptors (Lipinski definition) is 4. The normalized spacial score (nSPS) is 19.7. The number of anilines is 1. The van der Waals surface area contributed by atoms with E-state index in [4.69, 9.17) is 4.74 Å². The van der Waals surface area contributed by atoms with Gasteiger partial charge < -0.3 is 15.0 Å². The molecule has 0 radical (unpaired) electrons. The summed E-state index contributed by atoms with van der Waals surface area (Å²) in [6.45, 7) is 3.24. The molecule has 2 aliphatic rings. The van der Waals surface area contributed by atoms with Crippen LogP contribution >= 0.6 is 0 Å². The standard InChI is InChI=1S/C22H24F3N3O2/c23-22(24,25)16-4-3-5-17(14-16)28-11-9-27(10-12-28)15-21(29)26-19-8-13-30-20-7-2-1-6-18(19)20/h1-7,14,19H,8-13,15H2,(H,26,29). The van der Waals surface area contributed by atoms with Crippen LogP contribution in [-0.2, 0) is 11.0 Å². The summed E-state index contributed by atoms with van der Waals surface area (Å²) in [5, 5.41) is 3.09. The molecule has 2 heterocycles. The van der Waals surface area contributed by atoms with Gasteiger partial charge in [0.05, 0.1) is 24.8 Å². The summed E-state index contributed by atoms with van der Waals surface area (Å²) in [6.07, 6.45) is -3.62. The molecule has 30 heavy (non-hydrogen) atoms. The second kappa shape index (κ2) is 8.55. The number of amides is 1. The number of hydrogen-bond donors (Lipinski definition) is 1. The van der Waals surface area contributed by atoms with E-state index < -0.39 is 11.7 Å². The first-order chi connectivity index (χ1) is 14.4. The highest BCUT2D eigenvalue weighted by Crippen LogP contribution is 2.32. The molecule has 1 amide bonds. The van der Waals surface area contributed by atoms with E-state index in [9.17, 15) is 18.0 Å². The van der Waals surface area contributed by atoms with Gasteiger partial charge in [-0.15, -0.1) is 0 Å². The molecule has 5 nitrogen and oxygen atoms in total. The van der Waals surface area contributed by atoms with Crippen LogP contribution in [0, 0.1) is 0 Å². The van der Waals surface area contributed by atoms with E-state index in [-0.39, 0.29) is 18.5 Å². The monoisotopic (exact) mass is 419 g/mol. The Bertz CT molecular complexity index is 895. The lowest BCUT2D eigenvalue weighted by Crippen LogP contribution is -2.50. The summed E-state index contributed by atoms with van der Waals surface area (Å²) < 4.78 is 44.5. The molecule has 2 aromatic carbocycles. The third kappa shape index (κ3) is 4.70. The number of rotatable bonds is 4. The quantitative estimate of drug-likeness (QED) is 0.825. The summed E-state index contributed by atoms with van der Waals surface area (Å²) in [5.74, 6) is 0.757. The van der Waals surface area contributed by atoms with E-state index in [1.807, 2.05) is 34.1 Å². The van der Waals surface area contributed by atoms with Gasteiger partial charge in [-0.3, -0.25) is 9.69 Å². The van der Waals surface area contributed by atoms with Gasteiger partial charge in [0.15, 0.2) is 0 Å². The summed E-state index contributed by atoms with van der Waals surface area (Å²) in [6, 6.07) is 13.0. The minimum Gasteiger partial charge on any atom is -0.493 e. The Morgan fingerprint density at radius 3 is 2.60 bits per heavy atom. The highest BCUT2D eigenvalue weighted by atomic mass is 19.4. The Morgan fingerprint density at radius 1 is 1.07 bits per heavy atom. The number of nitrogens with zero attached hydrogens (tertiary/aromatic N) is 2. The highest BCUT2D eigenvalue weighted by Gasteiger charge is 2.31. The van der Waals surface area contributed by atoms with E-state index in [0.717, 1.165) is 23.8 Å². The molecule has 1 unspecified atom stereocenters. The second-order valence-corrected chi connectivity index (χ2v) is 7.61. The summed E-state index contributed by atoms with van der Waals surface area (Å²) in [4.78, 5) is 16.5. The molecule has 0 spiro atoms. The van der Waals surface area contributed by atoms with Crippen LogP contribution in [-0.4, -0.2) is 50.1 Å². The first kappa shape index (κ1) is 20.5. The summed E-state index contributed by atoms with van der Waals surface area (Å²) in [5.41, 5.74) is 0.915. The number of carbonyl (C=O) groups is 1. The van der Waals surface area contributed by atoms with Gasteiger partial charge in [-0.05, 0) is 24.3 Å². The van der Waals surface area contributed by atoms with E-state index in [1.165, 1.54) is 12.1 Å². The minimum absolute atomic E-state index is 0.0516. The van der Waals surface area contributed by atoms with Crippen molar-refractivity contribution in [3.8, 4) is 5.75 Å². The van der Waals surface area contributed by atoms with E-state index in [1.54, 1.807) is 6.07 Å². The van der Waals surface area contributed by atoms with Crippen molar-refractivity contribution < 1.29 is 22.7 Å². The lowest BCUT2D eigenvalue weighted by atomic mass is 10.0. The Morgan fingerprint density at radius 2 is 1.83 bits per heavy atom. The molecule has 1 fully saturated rings. The third-order valence-electron chi connectivity index (χ3n) is 5.57. The molecular weight excluding hydrogens is 395 g/mol. The lowest BCUT2D eigenvalue weighted by molar-refractivity contribution is -0.137. The fourth-order valence-electron chi connectivity index (χ4n) is 3.98. The molecule has 160 valence electrons. The largest absolute Gasteiger partial charge is 0.493 e. The molecule has 0 aromatic heterocycles. The molecule has 1 saturated heterocycles. The van der Waals surface area contributed by atoms with Gasteiger partial charge in [-0.25, -0.2) is 0 Å². The molecule has 8 heteroatoms. The minimum atomic E-state index is -4.35. The first-order valence-electron chi connectivity index (χ1n) is 10.1. The average Bonchev–Trinajstić information content (AvgIpc) is 2.74. The van der Waals surface area contributed by atoms with Crippen molar-refractivity contribution in [2.24, 2.45) is 0 Å². The van der Waals surface area contributed by atoms with Crippen LogP contribution in [0.3, 0.4) is 0 Å². The predicted octanol–water partition coefficient (Wildman–Crippen LogP) is 3.47. The fourth-order valence-corrected chi connectivity index (χ4v) is 3.98. The zero-order valence-corrected chi connectivity index (χ0v) is 16.5. The van der Waals surface area contributed by atoms with Gasteiger partial charge in [-0.2, -0.15) is 13.2 Å². The maximum absolute atomic E-state index is 12.9. The Kier molecular flexibility index (Phi) is 5.85. The molecular formula is C22H24F3N3O2. The van der Waals surface area contributed by atoms with Crippen molar-refractivity contribution in [3.05, 3.63) is 59.7 Å². The van der Waals surface area contributed by atoms with Crippen LogP contribution in [0.15, 0.2) is 48.5 Å². The van der Waals surface area contributed by atoms with Crippen molar-refractivity contribution in [2.45, 2.75) is 18.6 Å². The highest BCUT2D eigenvalue weighted by molar-refractivity contribution is 5.78. The van der Waals surface area contributed by atoms with Crippen LogP contribution < -0.4 is 15.0 Å². The Hall–Kier alpha value is -2.74. The van der Waals surface area contributed by atoms with Gasteiger partial charge in [0, 0.05) is 43.9 Å². The van der Waals surface area contributed by atoms with Gasteiger partial charge in [-0.1, -0.05) is 24.3 Å². The molecule has 0 aliphatic carbocycles. The zero-order valence-electron chi connectivity index (χ0n) is 16.5. The lowest BCUT2D eigenvalue weighted by Gasteiger charge is -2.36. The average molecular weight is 419 g/mol. The van der Waals surface area contributed by atoms with Crippen molar-refractivity contribution in [1.82, 2.24) is 10.2 Å². The van der Waals surface area contributed by atoms with Gasteiger partial charge in [0.25, 0.3) is 0 Å². The van der Waals surface area contributed by atoms with Crippen LogP contribution in [0.1, 0.15) is 23.6 Å². The van der Waals surface area contributed by atoms with Gasteiger partial charge in [0.1, 0.15) is 5.75 Å². The number of piperazine rings is 1. The first-order valence-corrected chi connectivity index (χ1v) is 10.1. The van der Waals surface area contributed by atoms with Crippen LogP contribution in [0.5, 0.6) is 5.75 Å². The van der Waals surface area contributed by atoms with Crippen molar-refractivity contribution in [3.63, 3.8) is 0 Å². The van der Waals surface area contributed by atoms with E-state index >= 15 is 0 Å². The molecule has 0 bridgehead atoms. The fraction of sp³-hybridized carbons (Fsp3) is 0.409. The van der Waals surface area contributed by atoms with Gasteiger partial charge in [0.2, 0.25) is 5.91 Å². The third-order valence-corrected chi connectivity index (χ3v) is 5.57. The van der Waals surface area contributed by atoms with Crippen LogP contribution in [0.2, 0.25) is 0 Å². The van der Waals surface area contributed by atoms with Crippen LogP contribution in [0.25, 0.3) is 0 Å². The molecule has 2 aromatic rings. The molecule has 2 aliphatic heterocycles. The number of benzene rings is 2. The predicted molar refractivity (Wildman–Crippen MR) is 108 cm³/mol. The van der Waals surface area contributed by atoms with Crippen LogP contribution in [0.4, 0.5) is 18.9 Å². The number of halogens is 3. The maximum Gasteiger partial charge on any atom is 0.416 e. The maximum atomic E-state index is 12.9. The van der Waals surface area contributed by atoms with Crippen molar-refractivity contribution >= 4 is 11.6 Å². The Balaban J connectivity index is 1.30. The van der Waals surface area contributed by atoms with Gasteiger partial charge >= 0.3 is 6.18 Å². The number of alkyl halides is 3. The summed E-state index contributed by atoms with van der Waals surface area (Å²) in [7, 11) is 0. The summed E-state index contributed by atoms with van der Waals surface area (Å²) >= 11 is 0. The molecule has 1 atom stereocenters. The number of para-hydroxylation sites is 1. The van der Waals surface area contributed by atoms with Crippen molar-refractivity contribution in [2.75, 3.05) is 44.2 Å². The van der Waals surface area contributed by atoms with E-state index in [2.05, 4.69) is 5.32 Å².